The molecular weight excluding hydrogens is 354 g/mol. The van der Waals surface area contributed by atoms with E-state index in [9.17, 15) is 14.7 Å². The van der Waals surface area contributed by atoms with E-state index >= 15 is 0 Å². The van der Waals surface area contributed by atoms with E-state index in [1.807, 2.05) is 11.8 Å². The van der Waals surface area contributed by atoms with Crippen molar-refractivity contribution in [1.82, 2.24) is 14.9 Å². The van der Waals surface area contributed by atoms with Gasteiger partial charge in [-0.1, -0.05) is 13.0 Å². The molecule has 2 aromatic heterocycles. The summed E-state index contributed by atoms with van der Waals surface area (Å²) in [7, 11) is 0. The van der Waals surface area contributed by atoms with Crippen LogP contribution >= 0.6 is 11.3 Å². The minimum Gasteiger partial charge on any atom is -0.462 e. The zero-order chi connectivity index (χ0) is 19.3. The second-order valence-electron chi connectivity index (χ2n) is 6.01. The van der Waals surface area contributed by atoms with E-state index in [4.69, 9.17) is 4.74 Å². The molecule has 142 valence electrons. The molecule has 8 heteroatoms. The fourth-order valence-electron chi connectivity index (χ4n) is 2.68. The Hall–Kier alpha value is -2.03. The number of carbonyl (C=O) groups excluding carboxylic acids is 1. The average molecular weight is 379 g/mol. The van der Waals surface area contributed by atoms with Crippen molar-refractivity contribution in [2.75, 3.05) is 19.7 Å². The second-order valence-corrected chi connectivity index (χ2v) is 7.01. The van der Waals surface area contributed by atoms with Gasteiger partial charge in [0.25, 0.3) is 5.56 Å². The van der Waals surface area contributed by atoms with Gasteiger partial charge in [-0.25, -0.2) is 9.78 Å². The number of aliphatic hydroxyl groups excluding tert-OH is 1. The number of aromatic nitrogens is 2. The highest BCUT2D eigenvalue weighted by molar-refractivity contribution is 7.20. The topological polar surface area (TPSA) is 95.5 Å². The van der Waals surface area contributed by atoms with Gasteiger partial charge in [0.1, 0.15) is 15.5 Å². The van der Waals surface area contributed by atoms with E-state index in [0.29, 0.717) is 52.5 Å². The van der Waals surface area contributed by atoms with E-state index in [2.05, 4.69) is 16.5 Å². The highest BCUT2D eigenvalue weighted by Gasteiger charge is 2.20. The lowest BCUT2D eigenvalue weighted by atomic mass is 10.2. The maximum atomic E-state index is 12.5. The summed E-state index contributed by atoms with van der Waals surface area (Å²) in [6.07, 6.45) is 1.93. The summed E-state index contributed by atoms with van der Waals surface area (Å²) >= 11 is 1.17. The summed E-state index contributed by atoms with van der Waals surface area (Å²) in [4.78, 5) is 34.7. The Kier molecular flexibility index (Phi) is 7.07. The van der Waals surface area contributed by atoms with Gasteiger partial charge >= 0.3 is 5.97 Å². The molecule has 1 atom stereocenters. The van der Waals surface area contributed by atoms with Crippen molar-refractivity contribution >= 4 is 27.5 Å². The molecule has 2 heterocycles. The SMILES string of the molecule is C=CCN(Cc1nc2sc(C(=O)OCC)c(C)c2c(=O)[nH]1)CC(O)CC. The molecule has 0 saturated heterocycles. The largest absolute Gasteiger partial charge is 0.462 e. The van der Waals surface area contributed by atoms with Crippen LogP contribution in [0, 0.1) is 6.92 Å². The summed E-state index contributed by atoms with van der Waals surface area (Å²) in [5.74, 6) is 0.0533. The number of rotatable bonds is 9. The molecule has 2 aromatic rings. The fraction of sp³-hybridized carbons (Fsp3) is 0.500. The molecule has 0 fully saturated rings. The molecule has 0 aliphatic rings. The molecule has 0 aliphatic heterocycles. The van der Waals surface area contributed by atoms with Crippen molar-refractivity contribution in [3.05, 3.63) is 39.3 Å². The predicted octanol–water partition coefficient (Wildman–Crippen LogP) is 2.23. The molecular formula is C18H25N3O4S. The predicted molar refractivity (Wildman–Crippen MR) is 103 cm³/mol. The maximum Gasteiger partial charge on any atom is 0.348 e. The fourth-order valence-corrected chi connectivity index (χ4v) is 3.77. The van der Waals surface area contributed by atoms with Gasteiger partial charge in [-0.05, 0) is 25.8 Å². The third kappa shape index (κ3) is 4.57. The summed E-state index contributed by atoms with van der Waals surface area (Å²) in [6.45, 7) is 10.8. The molecule has 0 amide bonds. The number of nitrogens with zero attached hydrogens (tertiary/aromatic N) is 2. The number of aryl methyl sites for hydroxylation is 1. The van der Waals surface area contributed by atoms with E-state index in [-0.39, 0.29) is 12.2 Å². The number of aliphatic hydroxyl groups is 1. The first-order valence-corrected chi connectivity index (χ1v) is 9.43. The van der Waals surface area contributed by atoms with Crippen molar-refractivity contribution in [1.29, 1.82) is 0 Å². The molecule has 0 bridgehead atoms. The molecule has 2 rings (SSSR count). The number of esters is 1. The summed E-state index contributed by atoms with van der Waals surface area (Å²) in [5.41, 5.74) is 0.317. The number of hydrogen-bond donors (Lipinski definition) is 2. The number of aromatic amines is 1. The van der Waals surface area contributed by atoms with E-state index in [0.717, 1.165) is 0 Å². The first-order valence-electron chi connectivity index (χ1n) is 8.61. The molecule has 0 aliphatic carbocycles. The van der Waals surface area contributed by atoms with Crippen LogP contribution in [0.15, 0.2) is 17.4 Å². The van der Waals surface area contributed by atoms with Crippen molar-refractivity contribution in [2.45, 2.75) is 39.8 Å². The summed E-state index contributed by atoms with van der Waals surface area (Å²) < 4.78 is 5.05. The lowest BCUT2D eigenvalue weighted by Crippen LogP contribution is -2.33. The van der Waals surface area contributed by atoms with Crippen LogP contribution in [0.5, 0.6) is 0 Å². The summed E-state index contributed by atoms with van der Waals surface area (Å²) in [6, 6.07) is 0. The number of hydrogen-bond acceptors (Lipinski definition) is 7. The van der Waals surface area contributed by atoms with Crippen LogP contribution in [0.25, 0.3) is 10.2 Å². The number of nitrogens with one attached hydrogen (secondary N) is 1. The Morgan fingerprint density at radius 2 is 2.23 bits per heavy atom. The van der Waals surface area contributed by atoms with Gasteiger partial charge in [0.05, 0.1) is 24.6 Å². The van der Waals surface area contributed by atoms with Crippen molar-refractivity contribution in [3.8, 4) is 0 Å². The number of carbonyl (C=O) groups is 1. The van der Waals surface area contributed by atoms with Gasteiger partial charge in [0.15, 0.2) is 0 Å². The van der Waals surface area contributed by atoms with Gasteiger partial charge in [0, 0.05) is 13.1 Å². The van der Waals surface area contributed by atoms with Gasteiger partial charge in [-0.15, -0.1) is 17.9 Å². The van der Waals surface area contributed by atoms with E-state index < -0.39 is 12.1 Å². The molecule has 2 N–H and O–H groups in total. The number of ether oxygens (including phenoxy) is 1. The lowest BCUT2D eigenvalue weighted by Gasteiger charge is -2.22. The van der Waals surface area contributed by atoms with E-state index in [1.165, 1.54) is 11.3 Å². The third-order valence-corrected chi connectivity index (χ3v) is 5.18. The molecule has 0 aromatic carbocycles. The van der Waals surface area contributed by atoms with Crippen molar-refractivity contribution in [2.24, 2.45) is 0 Å². The summed E-state index contributed by atoms with van der Waals surface area (Å²) in [5, 5.41) is 10.3. The first-order chi connectivity index (χ1) is 12.4. The minimum atomic E-state index is -0.454. The van der Waals surface area contributed by atoms with Gasteiger partial charge in [-0.3, -0.25) is 9.69 Å². The van der Waals surface area contributed by atoms with Crippen LogP contribution in [-0.4, -0.2) is 51.7 Å². The zero-order valence-corrected chi connectivity index (χ0v) is 16.2. The quantitative estimate of drug-likeness (QED) is 0.512. The van der Waals surface area contributed by atoms with Crippen LogP contribution in [0.3, 0.4) is 0 Å². The Labute approximate surface area is 156 Å². The lowest BCUT2D eigenvalue weighted by molar-refractivity contribution is 0.0531. The van der Waals surface area contributed by atoms with Gasteiger partial charge < -0.3 is 14.8 Å². The van der Waals surface area contributed by atoms with Crippen LogP contribution in [0.4, 0.5) is 0 Å². The standard InChI is InChI=1S/C18H25N3O4S/c1-5-8-21(9-12(22)6-2)10-13-19-16(23)14-11(4)15(18(24)25-7-3)26-17(14)20-13/h5,12,22H,1,6-10H2,2-4H3,(H,19,20,23). The van der Waals surface area contributed by atoms with E-state index in [1.54, 1.807) is 19.9 Å². The molecule has 26 heavy (non-hydrogen) atoms. The normalized spacial score (nSPS) is 12.5. The van der Waals surface area contributed by atoms with Crippen LogP contribution < -0.4 is 5.56 Å². The Morgan fingerprint density at radius 1 is 1.50 bits per heavy atom. The Bertz CT molecular complexity index is 843. The highest BCUT2D eigenvalue weighted by atomic mass is 32.1. The maximum absolute atomic E-state index is 12.5. The molecule has 0 saturated carbocycles. The third-order valence-electron chi connectivity index (χ3n) is 4.01. The van der Waals surface area contributed by atoms with Gasteiger partial charge in [0.2, 0.25) is 0 Å². The van der Waals surface area contributed by atoms with Gasteiger partial charge in [-0.2, -0.15) is 0 Å². The Balaban J connectivity index is 2.36. The monoisotopic (exact) mass is 379 g/mol. The number of fused-ring (bicyclic) bond motifs is 1. The smallest absolute Gasteiger partial charge is 0.348 e. The highest BCUT2D eigenvalue weighted by Crippen LogP contribution is 2.27. The zero-order valence-electron chi connectivity index (χ0n) is 15.4. The molecule has 7 nitrogen and oxygen atoms in total. The minimum absolute atomic E-state index is 0.274. The first kappa shape index (κ1) is 20.3. The Morgan fingerprint density at radius 3 is 2.85 bits per heavy atom. The molecule has 0 radical (unpaired) electrons. The van der Waals surface area contributed by atoms with Crippen molar-refractivity contribution < 1.29 is 14.6 Å². The molecule has 0 spiro atoms. The van der Waals surface area contributed by atoms with Crippen LogP contribution in [-0.2, 0) is 11.3 Å². The number of thiophene rings is 1. The average Bonchev–Trinajstić information content (AvgIpc) is 2.92. The molecule has 1 unspecified atom stereocenters. The van der Waals surface area contributed by atoms with Crippen LogP contribution in [0.2, 0.25) is 0 Å². The van der Waals surface area contributed by atoms with Crippen molar-refractivity contribution in [3.63, 3.8) is 0 Å². The number of H-pyrrole nitrogens is 1. The second kappa shape index (κ2) is 9.07. The van der Waals surface area contributed by atoms with Crippen LogP contribution in [0.1, 0.15) is 41.3 Å².